The molecule has 0 aliphatic carbocycles. The highest BCUT2D eigenvalue weighted by Gasteiger charge is 2.32. The second-order valence-corrected chi connectivity index (χ2v) is 12.0. The van der Waals surface area contributed by atoms with Crippen molar-refractivity contribution in [3.8, 4) is 5.75 Å². The maximum absolute atomic E-state index is 11.4. The van der Waals surface area contributed by atoms with Crippen LogP contribution in [0.15, 0.2) is 36.4 Å². The van der Waals surface area contributed by atoms with Gasteiger partial charge < -0.3 is 14.6 Å². The molecule has 4 heteroatoms. The molecule has 4 nitrogen and oxygen atoms in total. The van der Waals surface area contributed by atoms with Gasteiger partial charge in [0.15, 0.2) is 0 Å². The summed E-state index contributed by atoms with van der Waals surface area (Å²) in [6.45, 7) is 15.9. The largest absolute Gasteiger partial charge is 0.489 e. The number of aliphatic hydroxyl groups is 1. The number of ether oxygens (including phenoxy) is 2. The van der Waals surface area contributed by atoms with Crippen LogP contribution in [-0.4, -0.2) is 29.9 Å². The van der Waals surface area contributed by atoms with Gasteiger partial charge in [-0.15, -0.1) is 0 Å². The normalized spacial score (nSPS) is 16.9. The SMILES string of the molecule is CCCCC(C)(C)C(O)CCc1ccc(C(CC)(CC)c2ccc(OC[C@@H]3CCC(=O)O3)c(C)c2)cc1C. The Morgan fingerprint density at radius 2 is 1.68 bits per heavy atom. The van der Waals surface area contributed by atoms with Crippen LogP contribution in [0.3, 0.4) is 0 Å². The van der Waals surface area contributed by atoms with Crippen molar-refractivity contribution in [2.75, 3.05) is 6.61 Å². The van der Waals surface area contributed by atoms with Crippen LogP contribution < -0.4 is 4.74 Å². The summed E-state index contributed by atoms with van der Waals surface area (Å²) < 4.78 is 11.3. The van der Waals surface area contributed by atoms with Crippen LogP contribution in [-0.2, 0) is 21.4 Å². The summed E-state index contributed by atoms with van der Waals surface area (Å²) in [4.78, 5) is 11.4. The number of hydrogen-bond acceptors (Lipinski definition) is 4. The quantitative estimate of drug-likeness (QED) is 0.255. The van der Waals surface area contributed by atoms with E-state index in [0.29, 0.717) is 13.0 Å². The molecule has 0 bridgehead atoms. The molecule has 1 fully saturated rings. The molecule has 3 rings (SSSR count). The van der Waals surface area contributed by atoms with E-state index in [1.165, 1.54) is 28.7 Å². The van der Waals surface area contributed by atoms with Crippen molar-refractivity contribution >= 4 is 5.97 Å². The average molecular weight is 523 g/mol. The molecule has 2 aromatic rings. The van der Waals surface area contributed by atoms with Gasteiger partial charge in [0.25, 0.3) is 0 Å². The summed E-state index contributed by atoms with van der Waals surface area (Å²) >= 11 is 0. The molecule has 38 heavy (non-hydrogen) atoms. The molecule has 2 atom stereocenters. The van der Waals surface area contributed by atoms with Gasteiger partial charge in [0.1, 0.15) is 18.5 Å². The molecule has 2 aromatic carbocycles. The Kier molecular flexibility index (Phi) is 10.5. The van der Waals surface area contributed by atoms with Gasteiger partial charge in [-0.05, 0) is 91.7 Å². The zero-order valence-electron chi connectivity index (χ0n) is 24.9. The number of cyclic esters (lactones) is 1. The lowest BCUT2D eigenvalue weighted by molar-refractivity contribution is -0.142. The van der Waals surface area contributed by atoms with Crippen molar-refractivity contribution in [1.82, 2.24) is 0 Å². The van der Waals surface area contributed by atoms with Crippen molar-refractivity contribution in [2.24, 2.45) is 5.41 Å². The van der Waals surface area contributed by atoms with Crippen LogP contribution in [0, 0.1) is 19.3 Å². The second kappa shape index (κ2) is 13.2. The zero-order valence-corrected chi connectivity index (χ0v) is 24.9. The van der Waals surface area contributed by atoms with Gasteiger partial charge in [0.05, 0.1) is 6.10 Å². The third-order valence-corrected chi connectivity index (χ3v) is 8.99. The van der Waals surface area contributed by atoms with Gasteiger partial charge in [-0.1, -0.05) is 77.8 Å². The van der Waals surface area contributed by atoms with Crippen molar-refractivity contribution in [3.63, 3.8) is 0 Å². The topological polar surface area (TPSA) is 55.8 Å². The molecule has 0 spiro atoms. The minimum atomic E-state index is -0.289. The van der Waals surface area contributed by atoms with E-state index in [4.69, 9.17) is 9.47 Å². The molecule has 1 aliphatic rings. The predicted molar refractivity (Wildman–Crippen MR) is 156 cm³/mol. The van der Waals surface area contributed by atoms with Crippen molar-refractivity contribution in [2.45, 2.75) is 124 Å². The Balaban J connectivity index is 1.75. The molecule has 1 aliphatic heterocycles. The highest BCUT2D eigenvalue weighted by atomic mass is 16.6. The van der Waals surface area contributed by atoms with Crippen LogP contribution in [0.25, 0.3) is 0 Å². The van der Waals surface area contributed by atoms with Crippen molar-refractivity contribution in [3.05, 3.63) is 64.2 Å². The lowest BCUT2D eigenvalue weighted by atomic mass is 9.69. The van der Waals surface area contributed by atoms with E-state index >= 15 is 0 Å². The van der Waals surface area contributed by atoms with Crippen molar-refractivity contribution in [1.29, 1.82) is 0 Å². The van der Waals surface area contributed by atoms with Crippen LogP contribution in [0.2, 0.25) is 0 Å². The van der Waals surface area contributed by atoms with E-state index in [1.807, 2.05) is 0 Å². The molecular weight excluding hydrogens is 472 g/mol. The number of aryl methyl sites for hydroxylation is 3. The Morgan fingerprint density at radius 3 is 2.24 bits per heavy atom. The number of benzene rings is 2. The predicted octanol–water partition coefficient (Wildman–Crippen LogP) is 8.00. The van der Waals surface area contributed by atoms with E-state index in [0.717, 1.165) is 56.3 Å². The first-order valence-electron chi connectivity index (χ1n) is 14.8. The van der Waals surface area contributed by atoms with Gasteiger partial charge in [-0.3, -0.25) is 4.79 Å². The van der Waals surface area contributed by atoms with Crippen LogP contribution in [0.1, 0.15) is 114 Å². The average Bonchev–Trinajstić information content (AvgIpc) is 3.32. The monoisotopic (exact) mass is 522 g/mol. The number of carbonyl (C=O) groups is 1. The Labute approximate surface area is 231 Å². The number of aliphatic hydroxyl groups excluding tert-OH is 1. The first-order chi connectivity index (χ1) is 18.1. The van der Waals surface area contributed by atoms with Crippen LogP contribution in [0.4, 0.5) is 0 Å². The van der Waals surface area contributed by atoms with Crippen molar-refractivity contribution < 1.29 is 19.4 Å². The van der Waals surface area contributed by atoms with Crippen LogP contribution >= 0.6 is 0 Å². The second-order valence-electron chi connectivity index (χ2n) is 12.0. The summed E-state index contributed by atoms with van der Waals surface area (Å²) in [7, 11) is 0. The Hall–Kier alpha value is -2.33. The Bertz CT molecular complexity index is 1070. The molecular formula is C34H50O4. The molecule has 1 unspecified atom stereocenters. The maximum Gasteiger partial charge on any atom is 0.306 e. The van der Waals surface area contributed by atoms with Gasteiger partial charge in [-0.25, -0.2) is 0 Å². The number of hydrogen-bond donors (Lipinski definition) is 1. The summed E-state index contributed by atoms with van der Waals surface area (Å²) in [5.74, 6) is 0.722. The van der Waals surface area contributed by atoms with Crippen LogP contribution in [0.5, 0.6) is 5.75 Å². The molecule has 210 valence electrons. The van der Waals surface area contributed by atoms with Gasteiger partial charge in [0.2, 0.25) is 0 Å². The highest BCUT2D eigenvalue weighted by molar-refractivity contribution is 5.71. The molecule has 1 N–H and O–H groups in total. The maximum atomic E-state index is 11.4. The van der Waals surface area contributed by atoms with Gasteiger partial charge in [0, 0.05) is 11.8 Å². The first-order valence-corrected chi connectivity index (χ1v) is 14.8. The van der Waals surface area contributed by atoms with E-state index in [1.54, 1.807) is 0 Å². The fraction of sp³-hybridized carbons (Fsp3) is 0.618. The van der Waals surface area contributed by atoms with E-state index in [-0.39, 0.29) is 29.0 Å². The molecule has 0 radical (unpaired) electrons. The minimum absolute atomic E-state index is 0.0429. The first kappa shape index (κ1) is 30.2. The zero-order chi connectivity index (χ0) is 27.9. The fourth-order valence-corrected chi connectivity index (χ4v) is 5.98. The number of carbonyl (C=O) groups excluding carboxylic acids is 1. The number of unbranched alkanes of at least 4 members (excludes halogenated alkanes) is 1. The third kappa shape index (κ3) is 7.00. The molecule has 0 saturated carbocycles. The van der Waals surface area contributed by atoms with Gasteiger partial charge >= 0.3 is 5.97 Å². The molecule has 1 saturated heterocycles. The highest BCUT2D eigenvalue weighted by Crippen LogP contribution is 2.41. The summed E-state index contributed by atoms with van der Waals surface area (Å²) in [5, 5.41) is 10.9. The molecule has 0 aromatic heterocycles. The fourth-order valence-electron chi connectivity index (χ4n) is 5.98. The molecule has 1 heterocycles. The van der Waals surface area contributed by atoms with E-state index in [9.17, 15) is 9.90 Å². The third-order valence-electron chi connectivity index (χ3n) is 8.99. The lowest BCUT2D eigenvalue weighted by Gasteiger charge is -2.34. The minimum Gasteiger partial charge on any atom is -0.489 e. The smallest absolute Gasteiger partial charge is 0.306 e. The summed E-state index contributed by atoms with van der Waals surface area (Å²) in [5.41, 5.74) is 6.26. The van der Waals surface area contributed by atoms with E-state index in [2.05, 4.69) is 84.9 Å². The Morgan fingerprint density at radius 1 is 1.03 bits per heavy atom. The summed E-state index contributed by atoms with van der Waals surface area (Å²) in [6, 6.07) is 13.5. The van der Waals surface area contributed by atoms with E-state index < -0.39 is 0 Å². The standard InChI is InChI=1S/C34H50O4/c1-8-11-20-33(6,7)31(35)18-13-26-12-14-27(21-24(26)4)34(9-2,10-3)28-15-17-30(25(5)22-28)37-23-29-16-19-32(36)38-29/h12,14-15,17,21-22,29,31,35H,8-11,13,16,18-20,23H2,1-7H3/t29-,31?/m0/s1. The van der Waals surface area contributed by atoms with Gasteiger partial charge in [-0.2, -0.15) is 0 Å². The molecule has 0 amide bonds. The number of esters is 1. The number of rotatable bonds is 14. The lowest BCUT2D eigenvalue weighted by Crippen LogP contribution is -2.30. The summed E-state index contributed by atoms with van der Waals surface area (Å²) in [6.07, 6.45) is 7.88.